The zero-order chi connectivity index (χ0) is 8.16. The third kappa shape index (κ3) is 4.39. The van der Waals surface area contributed by atoms with Gasteiger partial charge < -0.3 is 16.5 Å². The largest absolute Gasteiger partial charge is 0.425 e. The molecule has 0 N–H and O–H groups in total. The molecule has 74 valence electrons. The summed E-state index contributed by atoms with van der Waals surface area (Å²) in [6, 6.07) is 0. The molecule has 0 aromatic heterocycles. The van der Waals surface area contributed by atoms with Gasteiger partial charge in [0.15, 0.2) is 0 Å². The average Bonchev–Trinajstić information content (AvgIpc) is 1.98. The molecule has 12 heavy (non-hydrogen) atoms. The summed E-state index contributed by atoms with van der Waals surface area (Å²) >= 11 is 0. The molecule has 0 aliphatic carbocycles. The second-order valence-electron chi connectivity index (χ2n) is 2.27. The Morgan fingerprint density at radius 2 is 1.67 bits per heavy atom. The van der Waals surface area contributed by atoms with Crippen LogP contribution in [0.3, 0.4) is 0 Å². The van der Waals surface area contributed by atoms with Crippen LogP contribution in [0.15, 0.2) is 12.3 Å². The second-order valence-corrected chi connectivity index (χ2v) is 11.0. The molecule has 0 amide bonds. The molecule has 1 aliphatic rings. The summed E-state index contributed by atoms with van der Waals surface area (Å²) in [6.45, 7) is 5.66. The first kappa shape index (κ1) is 13.1. The average molecular weight is 420 g/mol. The summed E-state index contributed by atoms with van der Waals surface area (Å²) in [6.07, 6.45) is 0. The Hall–Kier alpha value is 1.14. The Labute approximate surface area is 94.7 Å². The van der Waals surface area contributed by atoms with Gasteiger partial charge in [-0.2, -0.15) is 0 Å². The van der Waals surface area contributed by atoms with Crippen LogP contribution < -0.4 is 0 Å². The van der Waals surface area contributed by atoms with E-state index in [0.717, 1.165) is 0 Å². The first-order chi connectivity index (χ1) is 5.27. The van der Waals surface area contributed by atoms with Crippen molar-refractivity contribution in [3.05, 3.63) is 12.3 Å². The fourth-order valence-corrected chi connectivity index (χ4v) is 8.75. The Morgan fingerprint density at radius 1 is 1.17 bits per heavy atom. The Morgan fingerprint density at radius 3 is 2.08 bits per heavy atom. The zero-order valence-electron chi connectivity index (χ0n) is 6.85. The van der Waals surface area contributed by atoms with Gasteiger partial charge in [0.05, 0.1) is 0 Å². The minimum absolute atomic E-state index is 0. The SMILES string of the molecule is C=C[Si]1(C)O[SiH2]O[SiH2]O[SiH2]O1.[Pt]. The summed E-state index contributed by atoms with van der Waals surface area (Å²) in [4.78, 5) is 0. The minimum Gasteiger partial charge on any atom is -0.425 e. The summed E-state index contributed by atoms with van der Waals surface area (Å²) in [5.74, 6) is 0. The van der Waals surface area contributed by atoms with Gasteiger partial charge in [-0.25, -0.2) is 0 Å². The van der Waals surface area contributed by atoms with E-state index in [4.69, 9.17) is 16.5 Å². The molecule has 9 heteroatoms. The Bertz CT molecular complexity index is 138. The van der Waals surface area contributed by atoms with Crippen LogP contribution in [0.4, 0.5) is 0 Å². The molecule has 4 nitrogen and oxygen atoms in total. The van der Waals surface area contributed by atoms with Gasteiger partial charge >= 0.3 is 8.56 Å². The molecule has 0 aromatic rings. The summed E-state index contributed by atoms with van der Waals surface area (Å²) in [7, 11) is -4.46. The van der Waals surface area contributed by atoms with Crippen molar-refractivity contribution in [2.45, 2.75) is 6.55 Å². The van der Waals surface area contributed by atoms with Crippen molar-refractivity contribution in [1.82, 2.24) is 0 Å². The van der Waals surface area contributed by atoms with Crippen LogP contribution in [0.5, 0.6) is 0 Å². The van der Waals surface area contributed by atoms with Crippen LogP contribution in [0.25, 0.3) is 0 Å². The molecule has 1 saturated heterocycles. The fraction of sp³-hybridized carbons (Fsp3) is 0.333. The maximum Gasteiger partial charge on any atom is 0.342 e. The van der Waals surface area contributed by atoms with Crippen LogP contribution in [0.1, 0.15) is 0 Å². The summed E-state index contributed by atoms with van der Waals surface area (Å²) in [5, 5.41) is 0. The number of hydrogen-bond acceptors (Lipinski definition) is 4. The van der Waals surface area contributed by atoms with Gasteiger partial charge in [0.2, 0.25) is 0 Å². The van der Waals surface area contributed by atoms with E-state index in [1.54, 1.807) is 5.70 Å². The van der Waals surface area contributed by atoms with E-state index in [0.29, 0.717) is 0 Å². The van der Waals surface area contributed by atoms with Gasteiger partial charge in [0.1, 0.15) is 0 Å². The molecular weight excluding hydrogens is 407 g/mol. The maximum atomic E-state index is 5.52. The monoisotopic (exact) mass is 419 g/mol. The Balaban J connectivity index is 0.00000121. The van der Waals surface area contributed by atoms with E-state index in [2.05, 4.69) is 6.58 Å². The summed E-state index contributed by atoms with van der Waals surface area (Å²) in [5.41, 5.74) is 1.78. The van der Waals surface area contributed by atoms with Crippen molar-refractivity contribution >= 4 is 38.6 Å². The van der Waals surface area contributed by atoms with E-state index in [1.807, 2.05) is 6.55 Å². The first-order valence-electron chi connectivity index (χ1n) is 3.34. The molecule has 1 aliphatic heterocycles. The van der Waals surface area contributed by atoms with Gasteiger partial charge in [0, 0.05) is 21.1 Å². The van der Waals surface area contributed by atoms with E-state index >= 15 is 0 Å². The minimum atomic E-state index is -2.03. The standard InChI is InChI=1S/C3H12O4Si4.Pt/c1-3-11(2)6-9-4-8-5-10-7-11;/h3H,1,8-10H2,2H3;. The maximum absolute atomic E-state index is 5.52. The van der Waals surface area contributed by atoms with Gasteiger partial charge in [-0.3, -0.25) is 0 Å². The van der Waals surface area contributed by atoms with Crippen molar-refractivity contribution in [1.29, 1.82) is 0 Å². The van der Waals surface area contributed by atoms with Crippen molar-refractivity contribution in [3.63, 3.8) is 0 Å². The molecule has 0 unspecified atom stereocenters. The van der Waals surface area contributed by atoms with Gasteiger partial charge in [-0.15, -0.1) is 6.58 Å². The molecule has 0 atom stereocenters. The fourth-order valence-electron chi connectivity index (χ4n) is 0.604. The van der Waals surface area contributed by atoms with E-state index in [1.165, 1.54) is 0 Å². The topological polar surface area (TPSA) is 36.9 Å². The first-order valence-corrected chi connectivity index (χ1v) is 9.20. The normalized spacial score (nSPS) is 37.1. The quantitative estimate of drug-likeness (QED) is 0.455. The van der Waals surface area contributed by atoms with Crippen molar-refractivity contribution in [2.75, 3.05) is 0 Å². The van der Waals surface area contributed by atoms with Crippen molar-refractivity contribution < 1.29 is 37.5 Å². The van der Waals surface area contributed by atoms with Crippen molar-refractivity contribution in [3.8, 4) is 0 Å². The van der Waals surface area contributed by atoms with E-state index in [9.17, 15) is 0 Å². The third-order valence-corrected chi connectivity index (χ3v) is 10.3. The predicted molar refractivity (Wildman–Crippen MR) is 51.8 cm³/mol. The van der Waals surface area contributed by atoms with Crippen LogP contribution in [0, 0.1) is 0 Å². The molecular formula is C3H12O4PtSi4. The molecule has 0 saturated carbocycles. The van der Waals surface area contributed by atoms with Crippen LogP contribution in [-0.2, 0) is 37.5 Å². The molecule has 0 aromatic carbocycles. The third-order valence-electron chi connectivity index (χ3n) is 1.40. The molecule has 1 heterocycles. The van der Waals surface area contributed by atoms with Crippen LogP contribution >= 0.6 is 0 Å². The molecule has 1 fully saturated rings. The smallest absolute Gasteiger partial charge is 0.342 e. The predicted octanol–water partition coefficient (Wildman–Crippen LogP) is -2.14. The van der Waals surface area contributed by atoms with Crippen LogP contribution in [-0.4, -0.2) is 38.6 Å². The van der Waals surface area contributed by atoms with Gasteiger partial charge in [-0.1, -0.05) is 5.70 Å². The molecule has 0 bridgehead atoms. The van der Waals surface area contributed by atoms with E-state index in [-0.39, 0.29) is 21.1 Å². The van der Waals surface area contributed by atoms with Crippen LogP contribution in [0.2, 0.25) is 6.55 Å². The zero-order valence-corrected chi connectivity index (χ0v) is 14.4. The second kappa shape index (κ2) is 6.57. The van der Waals surface area contributed by atoms with E-state index < -0.39 is 38.6 Å². The molecule has 1 rings (SSSR count). The van der Waals surface area contributed by atoms with Gasteiger partial charge in [-0.05, 0) is 6.55 Å². The number of hydrogen-bond donors (Lipinski definition) is 0. The van der Waals surface area contributed by atoms with Gasteiger partial charge in [0.25, 0.3) is 30.0 Å². The van der Waals surface area contributed by atoms with Crippen molar-refractivity contribution in [2.24, 2.45) is 0 Å². The molecule has 0 radical (unpaired) electrons. The summed E-state index contributed by atoms with van der Waals surface area (Å²) < 4.78 is 21.5. The number of rotatable bonds is 1. The Kier molecular flexibility index (Phi) is 7.19. The molecule has 0 spiro atoms.